The van der Waals surface area contributed by atoms with E-state index in [1.165, 1.54) is 22.4 Å². The standard InChI is InChI=1S/C26H33NO2/c1-26-15-22(16-4-7-18(8-5-16)27(2)3)25-20-11-9-19(28)14-17(20)6-10-21(25)23(26)12-13-24(26)29/h4-5,7-8,14,21-24,29H,6,9-13,15H2,1-3H3/t21-,22?,23+,24+,26-/m0/s1. The summed E-state index contributed by atoms with van der Waals surface area (Å²) in [5.74, 6) is 1.80. The van der Waals surface area contributed by atoms with Gasteiger partial charge in [0.25, 0.3) is 0 Å². The fourth-order valence-corrected chi connectivity index (χ4v) is 6.94. The number of anilines is 1. The van der Waals surface area contributed by atoms with Gasteiger partial charge in [0.05, 0.1) is 6.10 Å². The average molecular weight is 392 g/mol. The summed E-state index contributed by atoms with van der Waals surface area (Å²) < 4.78 is 0. The first-order valence-electron chi connectivity index (χ1n) is 11.3. The zero-order valence-electron chi connectivity index (χ0n) is 17.9. The van der Waals surface area contributed by atoms with Crippen LogP contribution >= 0.6 is 0 Å². The lowest BCUT2D eigenvalue weighted by molar-refractivity contribution is -0.114. The highest BCUT2D eigenvalue weighted by Crippen LogP contribution is 2.63. The molecule has 5 rings (SSSR count). The van der Waals surface area contributed by atoms with Gasteiger partial charge in [-0.1, -0.05) is 24.6 Å². The van der Waals surface area contributed by atoms with Crippen molar-refractivity contribution in [3.8, 4) is 0 Å². The first-order chi connectivity index (χ1) is 13.9. The second-order valence-corrected chi connectivity index (χ2v) is 10.2. The van der Waals surface area contributed by atoms with Crippen LogP contribution in [0, 0.1) is 17.3 Å². The summed E-state index contributed by atoms with van der Waals surface area (Å²) >= 11 is 0. The smallest absolute Gasteiger partial charge is 0.156 e. The molecule has 0 aromatic heterocycles. The molecule has 0 amide bonds. The van der Waals surface area contributed by atoms with Crippen LogP contribution in [0.4, 0.5) is 5.69 Å². The van der Waals surface area contributed by atoms with E-state index in [4.69, 9.17) is 0 Å². The van der Waals surface area contributed by atoms with E-state index in [2.05, 4.69) is 50.2 Å². The van der Waals surface area contributed by atoms with Crippen LogP contribution in [-0.4, -0.2) is 31.1 Å². The van der Waals surface area contributed by atoms with Gasteiger partial charge in [-0.2, -0.15) is 0 Å². The molecule has 0 spiro atoms. The van der Waals surface area contributed by atoms with Crippen LogP contribution in [-0.2, 0) is 4.79 Å². The predicted molar refractivity (Wildman–Crippen MR) is 117 cm³/mol. The third-order valence-electron chi connectivity index (χ3n) is 8.49. The lowest BCUT2D eigenvalue weighted by atomic mass is 9.53. The predicted octanol–water partition coefficient (Wildman–Crippen LogP) is 5.01. The molecule has 154 valence electrons. The fraction of sp³-hybridized carbons (Fsp3) is 0.577. The number of nitrogens with zero attached hydrogens (tertiary/aromatic N) is 1. The van der Waals surface area contributed by atoms with E-state index < -0.39 is 0 Å². The lowest BCUT2D eigenvalue weighted by Crippen LogP contribution is -2.45. The highest BCUT2D eigenvalue weighted by Gasteiger charge is 2.56. The van der Waals surface area contributed by atoms with Crippen molar-refractivity contribution < 1.29 is 9.90 Å². The van der Waals surface area contributed by atoms with Crippen LogP contribution in [0.3, 0.4) is 0 Å². The van der Waals surface area contributed by atoms with Crippen LogP contribution < -0.4 is 4.90 Å². The monoisotopic (exact) mass is 391 g/mol. The Bertz CT molecular complexity index is 894. The van der Waals surface area contributed by atoms with E-state index in [1.807, 2.05) is 6.08 Å². The Hall–Kier alpha value is -1.87. The maximum absolute atomic E-state index is 12.1. The number of ketones is 1. The zero-order valence-corrected chi connectivity index (χ0v) is 17.9. The van der Waals surface area contributed by atoms with E-state index in [0.29, 0.717) is 30.0 Å². The van der Waals surface area contributed by atoms with E-state index in [1.54, 1.807) is 5.57 Å². The highest BCUT2D eigenvalue weighted by atomic mass is 16.3. The molecule has 0 aliphatic heterocycles. The molecule has 3 heteroatoms. The topological polar surface area (TPSA) is 40.5 Å². The van der Waals surface area contributed by atoms with Gasteiger partial charge in [-0.3, -0.25) is 4.79 Å². The number of carbonyl (C=O) groups excluding carboxylic acids is 1. The van der Waals surface area contributed by atoms with E-state index in [9.17, 15) is 9.90 Å². The molecule has 2 saturated carbocycles. The Kier molecular flexibility index (Phi) is 4.51. The van der Waals surface area contributed by atoms with Gasteiger partial charge in [-0.15, -0.1) is 0 Å². The Morgan fingerprint density at radius 1 is 1.03 bits per heavy atom. The van der Waals surface area contributed by atoms with Crippen molar-refractivity contribution in [2.75, 3.05) is 19.0 Å². The number of aliphatic hydroxyl groups is 1. The number of hydrogen-bond acceptors (Lipinski definition) is 3. The summed E-state index contributed by atoms with van der Waals surface area (Å²) in [6.07, 6.45) is 8.59. The number of aliphatic hydroxyl groups excluding tert-OH is 1. The van der Waals surface area contributed by atoms with Gasteiger partial charge < -0.3 is 10.0 Å². The van der Waals surface area contributed by atoms with Crippen LogP contribution in [0.2, 0.25) is 0 Å². The van der Waals surface area contributed by atoms with Crippen LogP contribution in [0.25, 0.3) is 0 Å². The molecule has 3 nitrogen and oxygen atoms in total. The molecule has 0 bridgehead atoms. The number of allylic oxidation sites excluding steroid dienone is 4. The molecule has 4 aliphatic rings. The van der Waals surface area contributed by atoms with Crippen molar-refractivity contribution >= 4 is 11.5 Å². The summed E-state index contributed by atoms with van der Waals surface area (Å²) in [6.45, 7) is 2.34. The number of fused-ring (bicyclic) bond motifs is 4. The average Bonchev–Trinajstić information content (AvgIpc) is 3.01. The third-order valence-corrected chi connectivity index (χ3v) is 8.49. The van der Waals surface area contributed by atoms with Gasteiger partial charge in [-0.25, -0.2) is 0 Å². The SMILES string of the molecule is CN(C)c1ccc(C2C[C@]3(C)[C@H](O)CC[C@@H]3[C@@H]3CCC4=CC(=O)CCC4=C23)cc1. The Labute approximate surface area is 174 Å². The molecular formula is C26H33NO2. The summed E-state index contributed by atoms with van der Waals surface area (Å²) in [4.78, 5) is 14.2. The second-order valence-electron chi connectivity index (χ2n) is 10.2. The second kappa shape index (κ2) is 6.84. The van der Waals surface area contributed by atoms with Crippen molar-refractivity contribution in [1.29, 1.82) is 0 Å². The molecule has 2 fully saturated rings. The van der Waals surface area contributed by atoms with Gasteiger partial charge >= 0.3 is 0 Å². The van der Waals surface area contributed by atoms with E-state index in [-0.39, 0.29) is 11.5 Å². The Morgan fingerprint density at radius 2 is 1.79 bits per heavy atom. The maximum Gasteiger partial charge on any atom is 0.156 e. The number of benzene rings is 1. The van der Waals surface area contributed by atoms with Gasteiger partial charge in [-0.05, 0) is 90.7 Å². The first kappa shape index (κ1) is 19.1. The minimum absolute atomic E-state index is 0.00527. The van der Waals surface area contributed by atoms with Gasteiger partial charge in [0, 0.05) is 32.1 Å². The normalized spacial score (nSPS) is 36.3. The summed E-state index contributed by atoms with van der Waals surface area (Å²) in [7, 11) is 4.15. The highest BCUT2D eigenvalue weighted by molar-refractivity contribution is 5.93. The Balaban J connectivity index is 1.64. The molecule has 4 aliphatic carbocycles. The van der Waals surface area contributed by atoms with Crippen molar-refractivity contribution in [2.45, 2.75) is 63.9 Å². The molecule has 0 saturated heterocycles. The third kappa shape index (κ3) is 2.92. The molecular weight excluding hydrogens is 358 g/mol. The molecule has 5 atom stereocenters. The molecule has 1 aromatic rings. The van der Waals surface area contributed by atoms with Crippen molar-refractivity contribution in [2.24, 2.45) is 17.3 Å². The van der Waals surface area contributed by atoms with Crippen molar-refractivity contribution in [3.05, 3.63) is 52.6 Å². The van der Waals surface area contributed by atoms with E-state index in [0.717, 1.165) is 38.5 Å². The zero-order chi connectivity index (χ0) is 20.3. The molecule has 1 aromatic carbocycles. The summed E-state index contributed by atoms with van der Waals surface area (Å²) in [5.41, 5.74) is 7.02. The summed E-state index contributed by atoms with van der Waals surface area (Å²) in [5, 5.41) is 10.9. The molecule has 29 heavy (non-hydrogen) atoms. The Morgan fingerprint density at radius 3 is 2.52 bits per heavy atom. The van der Waals surface area contributed by atoms with Gasteiger partial charge in [0.15, 0.2) is 5.78 Å². The number of rotatable bonds is 2. The molecule has 0 radical (unpaired) electrons. The van der Waals surface area contributed by atoms with Crippen molar-refractivity contribution in [1.82, 2.24) is 0 Å². The minimum Gasteiger partial charge on any atom is -0.393 e. The molecule has 1 N–H and O–H groups in total. The largest absolute Gasteiger partial charge is 0.393 e. The van der Waals surface area contributed by atoms with E-state index >= 15 is 0 Å². The molecule has 1 unspecified atom stereocenters. The minimum atomic E-state index is -0.188. The lowest BCUT2D eigenvalue weighted by Gasteiger charge is -2.52. The van der Waals surface area contributed by atoms with Crippen LogP contribution in [0.15, 0.2) is 47.1 Å². The summed E-state index contributed by atoms with van der Waals surface area (Å²) in [6, 6.07) is 9.03. The maximum atomic E-state index is 12.1. The fourth-order valence-electron chi connectivity index (χ4n) is 6.94. The molecule has 0 heterocycles. The van der Waals surface area contributed by atoms with Gasteiger partial charge in [0.1, 0.15) is 0 Å². The quantitative estimate of drug-likeness (QED) is 0.770. The van der Waals surface area contributed by atoms with Gasteiger partial charge in [0.2, 0.25) is 0 Å². The number of hydrogen-bond donors (Lipinski definition) is 1. The first-order valence-corrected chi connectivity index (χ1v) is 11.3. The van der Waals surface area contributed by atoms with Crippen molar-refractivity contribution in [3.63, 3.8) is 0 Å². The van der Waals surface area contributed by atoms with Crippen LogP contribution in [0.5, 0.6) is 0 Å². The van der Waals surface area contributed by atoms with Crippen LogP contribution in [0.1, 0.15) is 63.4 Å². The number of carbonyl (C=O) groups is 1.